The number of ether oxygens (including phenoxy) is 1. The lowest BCUT2D eigenvalue weighted by Gasteiger charge is -2.35. The van der Waals surface area contributed by atoms with E-state index in [-0.39, 0.29) is 16.5 Å². The predicted octanol–water partition coefficient (Wildman–Crippen LogP) is 2.56. The molecule has 2 saturated heterocycles. The average molecular weight is 448 g/mol. The van der Waals surface area contributed by atoms with E-state index in [1.165, 1.54) is 42.5 Å². The molecule has 1 unspecified atom stereocenters. The number of nitrogens with one attached hydrogen (secondary N) is 1. The zero-order valence-electron chi connectivity index (χ0n) is 17.2. The maximum atomic E-state index is 13.8. The highest BCUT2D eigenvalue weighted by Crippen LogP contribution is 2.20. The molecule has 2 aromatic carbocycles. The van der Waals surface area contributed by atoms with Crippen LogP contribution in [0, 0.1) is 5.82 Å². The fourth-order valence-electron chi connectivity index (χ4n) is 3.92. The van der Waals surface area contributed by atoms with Gasteiger partial charge in [0.15, 0.2) is 0 Å². The molecular weight excluding hydrogens is 421 g/mol. The number of halogens is 1. The molecule has 166 valence electrons. The van der Waals surface area contributed by atoms with Crippen LogP contribution in [0.3, 0.4) is 0 Å². The smallest absolute Gasteiger partial charge is 0.261 e. The van der Waals surface area contributed by atoms with E-state index in [1.54, 1.807) is 11.0 Å². The van der Waals surface area contributed by atoms with E-state index in [2.05, 4.69) is 9.62 Å². The molecule has 2 aliphatic heterocycles. The highest BCUT2D eigenvalue weighted by Gasteiger charge is 2.26. The van der Waals surface area contributed by atoms with Gasteiger partial charge in [-0.05, 0) is 49.2 Å². The minimum atomic E-state index is -3.96. The van der Waals surface area contributed by atoms with Crippen LogP contribution in [0.15, 0.2) is 53.4 Å². The number of carbonyl (C=O) groups excluding carboxylic acids is 1. The average Bonchev–Trinajstić information content (AvgIpc) is 3.28. The summed E-state index contributed by atoms with van der Waals surface area (Å²) in [5, 5.41) is 0. The van der Waals surface area contributed by atoms with E-state index in [4.69, 9.17) is 4.74 Å². The summed E-state index contributed by atoms with van der Waals surface area (Å²) in [6.07, 6.45) is 2.51. The normalized spacial score (nSPS) is 20.0. The summed E-state index contributed by atoms with van der Waals surface area (Å²) in [6.45, 7) is 4.59. The Morgan fingerprint density at radius 2 is 1.77 bits per heavy atom. The molecular formula is C22H26FN3O4S. The Hall–Kier alpha value is -2.49. The Bertz CT molecular complexity index is 1020. The highest BCUT2D eigenvalue weighted by molar-refractivity contribution is 7.92. The van der Waals surface area contributed by atoms with Crippen LogP contribution >= 0.6 is 0 Å². The minimum Gasteiger partial charge on any atom is -0.377 e. The van der Waals surface area contributed by atoms with Gasteiger partial charge in [0.2, 0.25) is 0 Å². The molecule has 0 aromatic heterocycles. The van der Waals surface area contributed by atoms with Crippen molar-refractivity contribution in [2.24, 2.45) is 0 Å². The van der Waals surface area contributed by atoms with E-state index in [9.17, 15) is 17.6 Å². The summed E-state index contributed by atoms with van der Waals surface area (Å²) >= 11 is 0. The maximum Gasteiger partial charge on any atom is 0.261 e. The van der Waals surface area contributed by atoms with Crippen molar-refractivity contribution in [3.8, 4) is 0 Å². The molecule has 0 radical (unpaired) electrons. The number of piperazine rings is 1. The second-order valence-corrected chi connectivity index (χ2v) is 9.52. The SMILES string of the molecule is O=C(c1ccc(S(=O)(=O)Nc2ccccc2F)cc1)N1CCN(CC2CCCO2)CC1. The van der Waals surface area contributed by atoms with Crippen LogP contribution in [0.5, 0.6) is 0 Å². The van der Waals surface area contributed by atoms with Gasteiger partial charge in [-0.2, -0.15) is 0 Å². The van der Waals surface area contributed by atoms with Crippen molar-refractivity contribution < 1.29 is 22.3 Å². The molecule has 31 heavy (non-hydrogen) atoms. The fraction of sp³-hybridized carbons (Fsp3) is 0.409. The van der Waals surface area contributed by atoms with E-state index < -0.39 is 15.8 Å². The lowest BCUT2D eigenvalue weighted by Crippen LogP contribution is -2.50. The van der Waals surface area contributed by atoms with E-state index >= 15 is 0 Å². The van der Waals surface area contributed by atoms with Gasteiger partial charge in [0.1, 0.15) is 5.82 Å². The van der Waals surface area contributed by atoms with Gasteiger partial charge in [-0.25, -0.2) is 12.8 Å². The number of benzene rings is 2. The first-order chi connectivity index (χ1) is 14.9. The fourth-order valence-corrected chi connectivity index (χ4v) is 4.98. The topological polar surface area (TPSA) is 79.0 Å². The molecule has 0 bridgehead atoms. The number of hydrogen-bond acceptors (Lipinski definition) is 5. The summed E-state index contributed by atoms with van der Waals surface area (Å²) in [5.41, 5.74) is 0.306. The summed E-state index contributed by atoms with van der Waals surface area (Å²) in [6, 6.07) is 11.3. The Labute approximate surface area is 181 Å². The largest absolute Gasteiger partial charge is 0.377 e. The molecule has 0 spiro atoms. The number of hydrogen-bond donors (Lipinski definition) is 1. The molecule has 0 aliphatic carbocycles. The van der Waals surface area contributed by atoms with E-state index in [0.717, 1.165) is 39.1 Å². The van der Waals surface area contributed by atoms with Gasteiger partial charge in [-0.3, -0.25) is 14.4 Å². The Morgan fingerprint density at radius 3 is 2.42 bits per heavy atom. The first-order valence-corrected chi connectivity index (χ1v) is 11.9. The monoisotopic (exact) mass is 447 g/mol. The van der Waals surface area contributed by atoms with Crippen molar-refractivity contribution in [3.05, 3.63) is 59.9 Å². The number of sulfonamides is 1. The van der Waals surface area contributed by atoms with Gasteiger partial charge in [0.25, 0.3) is 15.9 Å². The third kappa shape index (κ3) is 5.23. The van der Waals surface area contributed by atoms with Crippen LogP contribution in [0.2, 0.25) is 0 Å². The molecule has 7 nitrogen and oxygen atoms in total. The van der Waals surface area contributed by atoms with Crippen molar-refractivity contribution >= 4 is 21.6 Å². The quantitative estimate of drug-likeness (QED) is 0.736. The molecule has 2 heterocycles. The molecule has 1 amide bonds. The van der Waals surface area contributed by atoms with Crippen molar-refractivity contribution in [3.63, 3.8) is 0 Å². The number of rotatable bonds is 6. The zero-order valence-corrected chi connectivity index (χ0v) is 18.0. The van der Waals surface area contributed by atoms with Crippen molar-refractivity contribution in [2.45, 2.75) is 23.8 Å². The third-order valence-electron chi connectivity index (χ3n) is 5.68. The van der Waals surface area contributed by atoms with E-state index in [0.29, 0.717) is 24.8 Å². The summed E-state index contributed by atoms with van der Waals surface area (Å²) < 4.78 is 46.7. The van der Waals surface area contributed by atoms with Crippen LogP contribution < -0.4 is 4.72 Å². The van der Waals surface area contributed by atoms with Gasteiger partial charge in [0, 0.05) is 44.9 Å². The van der Waals surface area contributed by atoms with Crippen LogP contribution in [0.1, 0.15) is 23.2 Å². The molecule has 9 heteroatoms. The van der Waals surface area contributed by atoms with Gasteiger partial charge < -0.3 is 9.64 Å². The molecule has 0 saturated carbocycles. The second kappa shape index (κ2) is 9.33. The number of carbonyl (C=O) groups is 1. The molecule has 2 aliphatic rings. The molecule has 2 fully saturated rings. The number of nitrogens with zero attached hydrogens (tertiary/aromatic N) is 2. The number of amides is 1. The van der Waals surface area contributed by atoms with Gasteiger partial charge in [-0.1, -0.05) is 12.1 Å². The lowest BCUT2D eigenvalue weighted by molar-refractivity contribution is 0.0432. The predicted molar refractivity (Wildman–Crippen MR) is 115 cm³/mol. The molecule has 4 rings (SSSR count). The first kappa shape index (κ1) is 21.7. The van der Waals surface area contributed by atoms with Crippen LogP contribution in [0.4, 0.5) is 10.1 Å². The standard InChI is InChI=1S/C22H26FN3O4S/c23-20-5-1-2-6-21(20)24-31(28,29)19-9-7-17(8-10-19)22(27)26-13-11-25(12-14-26)16-18-4-3-15-30-18/h1-2,5-10,18,24H,3-4,11-16H2. The van der Waals surface area contributed by atoms with E-state index in [1.807, 2.05) is 0 Å². The van der Waals surface area contributed by atoms with Crippen molar-refractivity contribution in [2.75, 3.05) is 44.1 Å². The van der Waals surface area contributed by atoms with Gasteiger partial charge in [0.05, 0.1) is 16.7 Å². The van der Waals surface area contributed by atoms with Crippen LogP contribution in [-0.4, -0.2) is 69.6 Å². The maximum absolute atomic E-state index is 13.8. The highest BCUT2D eigenvalue weighted by atomic mass is 32.2. The zero-order chi connectivity index (χ0) is 21.8. The Balaban J connectivity index is 1.35. The molecule has 1 atom stereocenters. The Morgan fingerprint density at radius 1 is 1.06 bits per heavy atom. The lowest BCUT2D eigenvalue weighted by atomic mass is 10.1. The first-order valence-electron chi connectivity index (χ1n) is 10.4. The Kier molecular flexibility index (Phi) is 6.54. The number of anilines is 1. The summed E-state index contributed by atoms with van der Waals surface area (Å²) in [4.78, 5) is 16.9. The van der Waals surface area contributed by atoms with Gasteiger partial charge in [-0.15, -0.1) is 0 Å². The summed E-state index contributed by atoms with van der Waals surface area (Å²) in [7, 11) is -3.96. The molecule has 1 N–H and O–H groups in total. The van der Waals surface area contributed by atoms with Crippen molar-refractivity contribution in [1.29, 1.82) is 0 Å². The van der Waals surface area contributed by atoms with Crippen LogP contribution in [0.25, 0.3) is 0 Å². The van der Waals surface area contributed by atoms with Crippen molar-refractivity contribution in [1.82, 2.24) is 9.80 Å². The third-order valence-corrected chi connectivity index (χ3v) is 7.06. The summed E-state index contributed by atoms with van der Waals surface area (Å²) in [5.74, 6) is -0.778. The van der Waals surface area contributed by atoms with Crippen LogP contribution in [-0.2, 0) is 14.8 Å². The number of para-hydroxylation sites is 1. The molecule has 2 aromatic rings. The minimum absolute atomic E-state index is 0.0336. The van der Waals surface area contributed by atoms with Gasteiger partial charge >= 0.3 is 0 Å². The second-order valence-electron chi connectivity index (χ2n) is 7.84.